The molecular formula is C17H33N3O. The second kappa shape index (κ2) is 8.74. The second-order valence-electron chi connectivity index (χ2n) is 7.34. The Morgan fingerprint density at radius 1 is 1.14 bits per heavy atom. The van der Waals surface area contributed by atoms with Crippen LogP contribution < -0.4 is 10.6 Å². The number of hydrogen-bond acceptors (Lipinski definition) is 3. The number of carbonyl (C=O) groups excluding carboxylic acids is 1. The van der Waals surface area contributed by atoms with E-state index in [1.54, 1.807) is 0 Å². The summed E-state index contributed by atoms with van der Waals surface area (Å²) in [6.45, 7) is 10.7. The molecule has 2 N–H and O–H groups in total. The van der Waals surface area contributed by atoms with Gasteiger partial charge in [-0.05, 0) is 62.9 Å². The van der Waals surface area contributed by atoms with E-state index >= 15 is 0 Å². The van der Waals surface area contributed by atoms with Crippen molar-refractivity contribution in [2.24, 2.45) is 17.8 Å². The maximum absolute atomic E-state index is 11.6. The summed E-state index contributed by atoms with van der Waals surface area (Å²) in [6.07, 6.45) is 6.33. The topological polar surface area (TPSA) is 44.4 Å². The van der Waals surface area contributed by atoms with Crippen LogP contribution in [0.15, 0.2) is 0 Å². The van der Waals surface area contributed by atoms with Crippen LogP contribution >= 0.6 is 0 Å². The van der Waals surface area contributed by atoms with E-state index in [-0.39, 0.29) is 5.91 Å². The largest absolute Gasteiger partial charge is 0.355 e. The van der Waals surface area contributed by atoms with Crippen LogP contribution in [0.4, 0.5) is 0 Å². The van der Waals surface area contributed by atoms with Crippen LogP contribution in [0, 0.1) is 17.8 Å². The Bertz CT molecular complexity index is 307. The number of rotatable bonds is 9. The van der Waals surface area contributed by atoms with Crippen molar-refractivity contribution < 1.29 is 4.79 Å². The first-order valence-electron chi connectivity index (χ1n) is 8.83. The van der Waals surface area contributed by atoms with Gasteiger partial charge in [-0.15, -0.1) is 0 Å². The molecule has 21 heavy (non-hydrogen) atoms. The summed E-state index contributed by atoms with van der Waals surface area (Å²) < 4.78 is 0. The Morgan fingerprint density at radius 3 is 2.52 bits per heavy atom. The summed E-state index contributed by atoms with van der Waals surface area (Å²) in [4.78, 5) is 14.2. The van der Waals surface area contributed by atoms with Crippen LogP contribution in [-0.2, 0) is 4.79 Å². The minimum atomic E-state index is 0.149. The van der Waals surface area contributed by atoms with Crippen molar-refractivity contribution in [3.05, 3.63) is 0 Å². The van der Waals surface area contributed by atoms with Crippen LogP contribution in [0.3, 0.4) is 0 Å². The lowest BCUT2D eigenvalue weighted by molar-refractivity contribution is -0.120. The molecule has 1 heterocycles. The molecule has 0 aromatic rings. The summed E-state index contributed by atoms with van der Waals surface area (Å²) in [5.41, 5.74) is 0. The van der Waals surface area contributed by atoms with Crippen LogP contribution in [-0.4, -0.2) is 50.1 Å². The maximum atomic E-state index is 11.6. The summed E-state index contributed by atoms with van der Waals surface area (Å²) in [5, 5.41) is 6.24. The van der Waals surface area contributed by atoms with Crippen molar-refractivity contribution in [3.8, 4) is 0 Å². The minimum Gasteiger partial charge on any atom is -0.355 e. The number of nitrogens with one attached hydrogen (secondary N) is 2. The van der Waals surface area contributed by atoms with Crippen molar-refractivity contribution >= 4 is 5.91 Å². The number of nitrogens with zero attached hydrogens (tertiary/aromatic N) is 1. The molecule has 1 amide bonds. The van der Waals surface area contributed by atoms with E-state index in [2.05, 4.69) is 29.4 Å². The highest BCUT2D eigenvalue weighted by molar-refractivity contribution is 5.77. The van der Waals surface area contributed by atoms with Gasteiger partial charge in [0.15, 0.2) is 0 Å². The molecule has 2 fully saturated rings. The van der Waals surface area contributed by atoms with E-state index in [0.717, 1.165) is 37.3 Å². The van der Waals surface area contributed by atoms with Crippen molar-refractivity contribution in [3.63, 3.8) is 0 Å². The van der Waals surface area contributed by atoms with Gasteiger partial charge in [-0.2, -0.15) is 0 Å². The number of likely N-dealkylation sites (tertiary alicyclic amines) is 1. The van der Waals surface area contributed by atoms with Gasteiger partial charge in [0.25, 0.3) is 0 Å². The molecule has 0 aromatic carbocycles. The highest BCUT2D eigenvalue weighted by Crippen LogP contribution is 2.27. The van der Waals surface area contributed by atoms with E-state index in [9.17, 15) is 4.79 Å². The number of hydrogen-bond donors (Lipinski definition) is 2. The molecule has 1 aliphatic carbocycles. The van der Waals surface area contributed by atoms with Crippen molar-refractivity contribution in [2.45, 2.75) is 46.0 Å². The van der Waals surface area contributed by atoms with Crippen molar-refractivity contribution in [2.75, 3.05) is 39.3 Å². The molecule has 0 radical (unpaired) electrons. The SMILES string of the molecule is CC1CC(C)CN(CCCCNC(=O)CNCC2CC2)C1. The highest BCUT2D eigenvalue weighted by atomic mass is 16.1. The molecule has 4 heteroatoms. The standard InChI is InChI=1S/C17H33N3O/c1-14-9-15(2)13-20(12-14)8-4-3-7-19-17(21)11-18-10-16-5-6-16/h14-16,18H,3-13H2,1-2H3,(H,19,21). The Morgan fingerprint density at radius 2 is 1.86 bits per heavy atom. The average molecular weight is 295 g/mol. The highest BCUT2D eigenvalue weighted by Gasteiger charge is 2.21. The zero-order valence-electron chi connectivity index (χ0n) is 13.9. The van der Waals surface area contributed by atoms with Gasteiger partial charge in [-0.25, -0.2) is 0 Å². The van der Waals surface area contributed by atoms with Gasteiger partial charge < -0.3 is 15.5 Å². The molecule has 0 bridgehead atoms. The minimum absolute atomic E-state index is 0.149. The van der Waals surface area contributed by atoms with E-state index in [1.807, 2.05) is 0 Å². The Kier molecular flexibility index (Phi) is 6.97. The molecule has 4 nitrogen and oxygen atoms in total. The molecular weight excluding hydrogens is 262 g/mol. The first-order valence-corrected chi connectivity index (χ1v) is 8.83. The molecule has 1 saturated heterocycles. The van der Waals surface area contributed by atoms with E-state index < -0.39 is 0 Å². The molecule has 2 atom stereocenters. The van der Waals surface area contributed by atoms with Gasteiger partial charge in [0.05, 0.1) is 6.54 Å². The quantitative estimate of drug-likeness (QED) is 0.638. The van der Waals surface area contributed by atoms with Gasteiger partial charge in [-0.3, -0.25) is 4.79 Å². The van der Waals surface area contributed by atoms with Gasteiger partial charge >= 0.3 is 0 Å². The zero-order valence-corrected chi connectivity index (χ0v) is 13.9. The normalized spacial score (nSPS) is 26.8. The molecule has 2 aliphatic rings. The molecule has 2 unspecified atom stereocenters. The zero-order chi connectivity index (χ0) is 15.1. The predicted molar refractivity (Wildman–Crippen MR) is 87.2 cm³/mol. The average Bonchev–Trinajstić information content (AvgIpc) is 3.21. The number of unbranched alkanes of at least 4 members (excludes halogenated alkanes) is 1. The second-order valence-corrected chi connectivity index (χ2v) is 7.34. The van der Waals surface area contributed by atoms with Gasteiger partial charge in [0.1, 0.15) is 0 Å². The van der Waals surface area contributed by atoms with Gasteiger partial charge in [0, 0.05) is 19.6 Å². The van der Waals surface area contributed by atoms with E-state index in [4.69, 9.17) is 0 Å². The number of amides is 1. The van der Waals surface area contributed by atoms with Gasteiger partial charge in [0.2, 0.25) is 5.91 Å². The molecule has 2 rings (SSSR count). The fourth-order valence-corrected chi connectivity index (χ4v) is 3.44. The number of piperidine rings is 1. The van der Waals surface area contributed by atoms with Crippen LogP contribution in [0.25, 0.3) is 0 Å². The number of carbonyl (C=O) groups is 1. The van der Waals surface area contributed by atoms with Crippen LogP contribution in [0.2, 0.25) is 0 Å². The monoisotopic (exact) mass is 295 g/mol. The maximum Gasteiger partial charge on any atom is 0.233 e. The molecule has 0 aromatic heterocycles. The summed E-state index contributed by atoms with van der Waals surface area (Å²) in [5.74, 6) is 2.67. The molecule has 1 aliphatic heterocycles. The lowest BCUT2D eigenvalue weighted by Gasteiger charge is -2.34. The summed E-state index contributed by atoms with van der Waals surface area (Å²) in [7, 11) is 0. The summed E-state index contributed by atoms with van der Waals surface area (Å²) >= 11 is 0. The third kappa shape index (κ3) is 7.28. The van der Waals surface area contributed by atoms with Crippen molar-refractivity contribution in [1.29, 1.82) is 0 Å². The van der Waals surface area contributed by atoms with Crippen LogP contribution in [0.1, 0.15) is 46.0 Å². The molecule has 122 valence electrons. The summed E-state index contributed by atoms with van der Waals surface area (Å²) in [6, 6.07) is 0. The lowest BCUT2D eigenvalue weighted by Crippen LogP contribution is -2.39. The van der Waals surface area contributed by atoms with Crippen molar-refractivity contribution in [1.82, 2.24) is 15.5 Å². The third-order valence-corrected chi connectivity index (χ3v) is 4.58. The fraction of sp³-hybridized carbons (Fsp3) is 0.941. The Labute approximate surface area is 130 Å². The van der Waals surface area contributed by atoms with E-state index in [0.29, 0.717) is 6.54 Å². The van der Waals surface area contributed by atoms with Crippen LogP contribution in [0.5, 0.6) is 0 Å². The Hall–Kier alpha value is -0.610. The third-order valence-electron chi connectivity index (χ3n) is 4.58. The molecule has 1 saturated carbocycles. The smallest absolute Gasteiger partial charge is 0.233 e. The Balaban J connectivity index is 1.42. The molecule has 0 spiro atoms. The fourth-order valence-electron chi connectivity index (χ4n) is 3.44. The van der Waals surface area contributed by atoms with E-state index in [1.165, 1.54) is 45.3 Å². The lowest BCUT2D eigenvalue weighted by atomic mass is 9.92. The van der Waals surface area contributed by atoms with Gasteiger partial charge in [-0.1, -0.05) is 13.8 Å². The predicted octanol–water partition coefficient (Wildman–Crippen LogP) is 1.86. The first kappa shape index (κ1) is 16.8. The first-order chi connectivity index (χ1) is 10.1.